The lowest BCUT2D eigenvalue weighted by molar-refractivity contribution is -0.137. The molecule has 206 valence electrons. The molecular formula is C32H45N3O3. The summed E-state index contributed by atoms with van der Waals surface area (Å²) in [5.41, 5.74) is 4.47. The van der Waals surface area contributed by atoms with Gasteiger partial charge in [0.15, 0.2) is 0 Å². The standard InChI is InChI=1S/C32H45N3O3/c1-2-4-24-9-12-27(13-10-24)28-14-16-29(17-15-28)30(21-33)22-34-20-19-26-6-3-5-25(7-8-26)11-18-31(36)35-23-32(37)38/h3,5,7-8,16,20-22,24,27-28,33H,2,4,6,9-15,17-19,23H2,1H3,(H,35,36)(H,37,38)/b30-22+,33-21?,34-20+. The van der Waals surface area contributed by atoms with Crippen molar-refractivity contribution < 1.29 is 14.7 Å². The second-order valence-electron chi connectivity index (χ2n) is 10.9. The maximum absolute atomic E-state index is 11.7. The summed E-state index contributed by atoms with van der Waals surface area (Å²) in [7, 11) is 0. The molecule has 0 aliphatic heterocycles. The molecule has 1 atom stereocenters. The number of hydrogen-bond donors (Lipinski definition) is 3. The minimum atomic E-state index is -1.04. The Hall–Kier alpha value is -3.02. The fourth-order valence-electron chi connectivity index (χ4n) is 5.97. The van der Waals surface area contributed by atoms with E-state index in [-0.39, 0.29) is 18.9 Å². The number of carbonyl (C=O) groups excluding carboxylic acids is 1. The van der Waals surface area contributed by atoms with Crippen molar-refractivity contribution in [2.75, 3.05) is 6.54 Å². The van der Waals surface area contributed by atoms with E-state index in [1.807, 2.05) is 24.6 Å². The quantitative estimate of drug-likeness (QED) is 0.226. The number of aliphatic imine (C=N–C) groups is 1. The zero-order valence-electron chi connectivity index (χ0n) is 23.0. The van der Waals surface area contributed by atoms with Crippen LogP contribution in [-0.2, 0) is 9.59 Å². The Bertz CT molecular complexity index is 1010. The Kier molecular flexibility index (Phi) is 12.5. The van der Waals surface area contributed by atoms with Gasteiger partial charge in [0.2, 0.25) is 5.91 Å². The molecule has 0 aromatic rings. The van der Waals surface area contributed by atoms with Crippen molar-refractivity contribution >= 4 is 24.3 Å². The van der Waals surface area contributed by atoms with E-state index in [2.05, 4.69) is 35.5 Å². The van der Waals surface area contributed by atoms with Crippen LogP contribution in [0.5, 0.6) is 0 Å². The predicted octanol–water partition coefficient (Wildman–Crippen LogP) is 7.11. The number of nitrogens with one attached hydrogen (secondary N) is 2. The minimum absolute atomic E-state index is 0.255. The summed E-state index contributed by atoms with van der Waals surface area (Å²) < 4.78 is 0. The van der Waals surface area contributed by atoms with Crippen LogP contribution in [0.15, 0.2) is 63.9 Å². The highest BCUT2D eigenvalue weighted by Gasteiger charge is 2.28. The van der Waals surface area contributed by atoms with Crippen molar-refractivity contribution in [1.82, 2.24) is 5.32 Å². The van der Waals surface area contributed by atoms with Crippen LogP contribution in [0.4, 0.5) is 0 Å². The van der Waals surface area contributed by atoms with Crippen molar-refractivity contribution in [3.63, 3.8) is 0 Å². The zero-order chi connectivity index (χ0) is 27.2. The second kappa shape index (κ2) is 16.1. The molecule has 0 heterocycles. The number of hydrogen-bond acceptors (Lipinski definition) is 4. The first-order valence-electron chi connectivity index (χ1n) is 14.4. The highest BCUT2D eigenvalue weighted by atomic mass is 16.4. The van der Waals surface area contributed by atoms with Gasteiger partial charge in [0.05, 0.1) is 0 Å². The van der Waals surface area contributed by atoms with Gasteiger partial charge >= 0.3 is 5.97 Å². The Morgan fingerprint density at radius 2 is 1.97 bits per heavy atom. The molecule has 1 unspecified atom stereocenters. The smallest absolute Gasteiger partial charge is 0.322 e. The number of carboxylic acid groups (broad SMARTS) is 1. The van der Waals surface area contributed by atoms with Gasteiger partial charge in [0, 0.05) is 37.0 Å². The van der Waals surface area contributed by atoms with Crippen LogP contribution >= 0.6 is 0 Å². The lowest BCUT2D eigenvalue weighted by Crippen LogP contribution is -2.28. The van der Waals surface area contributed by atoms with E-state index in [0.29, 0.717) is 6.42 Å². The third kappa shape index (κ3) is 10.0. The SMILES string of the molecule is CCCC1CCC(C2CC=C(/C(C=N)=C/N=C/CC3=CC=C(CCC(=O)NCC(=O)O)C=CC3)CC2)CC1. The van der Waals surface area contributed by atoms with Gasteiger partial charge in [0.25, 0.3) is 0 Å². The molecular weight excluding hydrogens is 474 g/mol. The average molecular weight is 520 g/mol. The first kappa shape index (κ1) is 29.5. The van der Waals surface area contributed by atoms with E-state index in [1.165, 1.54) is 62.3 Å². The van der Waals surface area contributed by atoms with Crippen LogP contribution in [0.3, 0.4) is 0 Å². The average Bonchev–Trinajstić information content (AvgIpc) is 3.17. The van der Waals surface area contributed by atoms with Gasteiger partial charge in [-0.15, -0.1) is 0 Å². The maximum atomic E-state index is 11.7. The lowest BCUT2D eigenvalue weighted by atomic mass is 9.70. The Morgan fingerprint density at radius 3 is 2.66 bits per heavy atom. The van der Waals surface area contributed by atoms with Crippen LogP contribution < -0.4 is 5.32 Å². The predicted molar refractivity (Wildman–Crippen MR) is 156 cm³/mol. The number of allylic oxidation sites excluding steroid dienone is 9. The summed E-state index contributed by atoms with van der Waals surface area (Å²) in [5, 5.41) is 18.9. The Morgan fingerprint density at radius 1 is 1.16 bits per heavy atom. The molecule has 1 saturated carbocycles. The fraction of sp³-hybridized carbons (Fsp3) is 0.562. The number of nitrogens with zero attached hydrogens (tertiary/aromatic N) is 1. The van der Waals surface area contributed by atoms with Gasteiger partial charge in [-0.3, -0.25) is 14.6 Å². The molecule has 0 radical (unpaired) electrons. The van der Waals surface area contributed by atoms with Gasteiger partial charge in [-0.1, -0.05) is 68.6 Å². The number of carboxylic acids is 1. The van der Waals surface area contributed by atoms with E-state index in [1.54, 1.807) is 0 Å². The van der Waals surface area contributed by atoms with E-state index in [9.17, 15) is 9.59 Å². The van der Waals surface area contributed by atoms with Gasteiger partial charge < -0.3 is 15.8 Å². The van der Waals surface area contributed by atoms with E-state index < -0.39 is 5.97 Å². The van der Waals surface area contributed by atoms with Crippen molar-refractivity contribution in [3.8, 4) is 0 Å². The third-order valence-electron chi connectivity index (χ3n) is 8.23. The first-order chi connectivity index (χ1) is 18.5. The summed E-state index contributed by atoms with van der Waals surface area (Å²) in [6, 6.07) is 0. The normalized spacial score (nSPS) is 24.3. The van der Waals surface area contributed by atoms with Gasteiger partial charge in [-0.05, 0) is 73.8 Å². The highest BCUT2D eigenvalue weighted by Crippen LogP contribution is 2.41. The summed E-state index contributed by atoms with van der Waals surface area (Å²) in [4.78, 5) is 26.8. The van der Waals surface area contributed by atoms with Gasteiger partial charge in [-0.2, -0.15) is 0 Å². The van der Waals surface area contributed by atoms with Crippen molar-refractivity contribution in [2.45, 2.75) is 90.4 Å². The van der Waals surface area contributed by atoms with E-state index in [4.69, 9.17) is 10.5 Å². The van der Waals surface area contributed by atoms with Crippen LogP contribution in [0, 0.1) is 23.2 Å². The minimum Gasteiger partial charge on any atom is -0.480 e. The first-order valence-corrected chi connectivity index (χ1v) is 14.4. The molecule has 0 saturated heterocycles. The Balaban J connectivity index is 1.45. The fourth-order valence-corrected chi connectivity index (χ4v) is 5.97. The number of rotatable bonds is 13. The second-order valence-corrected chi connectivity index (χ2v) is 10.9. The number of amides is 1. The lowest BCUT2D eigenvalue weighted by Gasteiger charge is -2.35. The molecule has 3 N–H and O–H groups in total. The van der Waals surface area contributed by atoms with Crippen LogP contribution in [0.2, 0.25) is 0 Å². The van der Waals surface area contributed by atoms with Crippen LogP contribution in [-0.4, -0.2) is 36.0 Å². The van der Waals surface area contributed by atoms with E-state index >= 15 is 0 Å². The highest BCUT2D eigenvalue weighted by molar-refractivity contribution is 5.83. The van der Waals surface area contributed by atoms with Gasteiger partial charge in [-0.25, -0.2) is 0 Å². The third-order valence-corrected chi connectivity index (χ3v) is 8.23. The molecule has 1 amide bonds. The summed E-state index contributed by atoms with van der Waals surface area (Å²) in [6.07, 6.45) is 29.9. The molecule has 0 bridgehead atoms. The number of aliphatic carboxylic acids is 1. The molecule has 0 aromatic carbocycles. The molecule has 6 heteroatoms. The zero-order valence-corrected chi connectivity index (χ0v) is 23.0. The van der Waals surface area contributed by atoms with Crippen molar-refractivity contribution in [1.29, 1.82) is 5.41 Å². The number of carbonyl (C=O) groups is 2. The molecule has 0 aromatic heterocycles. The van der Waals surface area contributed by atoms with Crippen LogP contribution in [0.1, 0.15) is 90.4 Å². The van der Waals surface area contributed by atoms with E-state index in [0.717, 1.165) is 54.6 Å². The molecule has 1 fully saturated rings. The largest absolute Gasteiger partial charge is 0.480 e. The summed E-state index contributed by atoms with van der Waals surface area (Å²) >= 11 is 0. The molecule has 3 rings (SSSR count). The van der Waals surface area contributed by atoms with Crippen LogP contribution in [0.25, 0.3) is 0 Å². The van der Waals surface area contributed by atoms with Crippen molar-refractivity contribution in [3.05, 3.63) is 58.9 Å². The Labute approximate surface area is 228 Å². The van der Waals surface area contributed by atoms with Crippen molar-refractivity contribution in [2.24, 2.45) is 22.7 Å². The van der Waals surface area contributed by atoms with Gasteiger partial charge in [0.1, 0.15) is 6.54 Å². The molecule has 3 aliphatic rings. The monoisotopic (exact) mass is 519 g/mol. The topological polar surface area (TPSA) is 103 Å². The summed E-state index contributed by atoms with van der Waals surface area (Å²) in [6.45, 7) is 1.96. The molecule has 3 aliphatic carbocycles. The molecule has 38 heavy (non-hydrogen) atoms. The summed E-state index contributed by atoms with van der Waals surface area (Å²) in [5.74, 6) is 1.36. The molecule has 0 spiro atoms. The molecule has 6 nitrogen and oxygen atoms in total. The maximum Gasteiger partial charge on any atom is 0.322 e.